The first-order valence-electron chi connectivity index (χ1n) is 8.52. The average Bonchev–Trinajstić information content (AvgIpc) is 2.61. The Bertz CT molecular complexity index is 919. The van der Waals surface area contributed by atoms with E-state index in [9.17, 15) is 13.2 Å². The molecular weight excluding hydrogens is 364 g/mol. The van der Waals surface area contributed by atoms with Crippen LogP contribution in [-0.4, -0.2) is 27.0 Å². The lowest BCUT2D eigenvalue weighted by molar-refractivity contribution is 0.0377. The van der Waals surface area contributed by atoms with Gasteiger partial charge in [-0.1, -0.05) is 23.8 Å². The maximum atomic E-state index is 12.9. The number of anilines is 2. The molecule has 2 N–H and O–H groups in total. The van der Waals surface area contributed by atoms with Crippen LogP contribution in [0, 0.1) is 6.92 Å². The molecular formula is C20H24N2O4S. The molecule has 7 heteroatoms. The Balaban J connectivity index is 2.43. The molecule has 0 aliphatic heterocycles. The van der Waals surface area contributed by atoms with E-state index in [1.54, 1.807) is 38.1 Å². The van der Waals surface area contributed by atoms with Gasteiger partial charge in [-0.3, -0.25) is 4.72 Å². The number of hydrogen-bond acceptors (Lipinski definition) is 5. The number of nitrogens with one attached hydrogen (secondary N) is 2. The number of carbonyl (C=O) groups is 1. The normalized spacial score (nSPS) is 11.1. The molecule has 0 heterocycles. The molecule has 0 atom stereocenters. The first-order chi connectivity index (χ1) is 12.7. The van der Waals surface area contributed by atoms with Gasteiger partial charge in [0, 0.05) is 12.2 Å². The molecule has 0 aromatic heterocycles. The first-order valence-corrected chi connectivity index (χ1v) is 10.0. The quantitative estimate of drug-likeness (QED) is 0.528. The minimum Gasteiger partial charge on any atom is -0.459 e. The van der Waals surface area contributed by atoms with Crippen molar-refractivity contribution in [2.45, 2.75) is 31.8 Å². The second-order valence-electron chi connectivity index (χ2n) is 6.31. The summed E-state index contributed by atoms with van der Waals surface area (Å²) in [5.41, 5.74) is 1.99. The number of ether oxygens (including phenoxy) is 1. The SMILES string of the molecule is C=CCNc1ccc(C(=O)OC(C)C)cc1S(=O)(=O)Nc1ccc(C)cc1. The fourth-order valence-corrected chi connectivity index (χ4v) is 3.58. The first kappa shape index (κ1) is 20.5. The van der Waals surface area contributed by atoms with Crippen molar-refractivity contribution >= 4 is 27.4 Å². The average molecular weight is 388 g/mol. The van der Waals surface area contributed by atoms with E-state index < -0.39 is 16.0 Å². The summed E-state index contributed by atoms with van der Waals surface area (Å²) >= 11 is 0. The summed E-state index contributed by atoms with van der Waals surface area (Å²) in [7, 11) is -3.93. The molecule has 2 rings (SSSR count). The zero-order valence-electron chi connectivity index (χ0n) is 15.7. The van der Waals surface area contributed by atoms with Gasteiger partial charge in [0.25, 0.3) is 10.0 Å². The van der Waals surface area contributed by atoms with Crippen molar-refractivity contribution in [3.63, 3.8) is 0 Å². The van der Waals surface area contributed by atoms with Crippen molar-refractivity contribution in [2.24, 2.45) is 0 Å². The summed E-state index contributed by atoms with van der Waals surface area (Å²) in [6.07, 6.45) is 1.31. The smallest absolute Gasteiger partial charge is 0.338 e. The van der Waals surface area contributed by atoms with Gasteiger partial charge in [0.05, 0.1) is 17.4 Å². The van der Waals surface area contributed by atoms with Crippen LogP contribution in [0.1, 0.15) is 29.8 Å². The molecule has 0 amide bonds. The van der Waals surface area contributed by atoms with E-state index >= 15 is 0 Å². The van der Waals surface area contributed by atoms with Crippen LogP contribution >= 0.6 is 0 Å². The van der Waals surface area contributed by atoms with E-state index in [0.717, 1.165) is 5.56 Å². The summed E-state index contributed by atoms with van der Waals surface area (Å²) < 4.78 is 33.6. The highest BCUT2D eigenvalue weighted by Crippen LogP contribution is 2.26. The fraction of sp³-hybridized carbons (Fsp3) is 0.250. The van der Waals surface area contributed by atoms with Gasteiger partial charge in [-0.05, 0) is 51.1 Å². The molecule has 6 nitrogen and oxygen atoms in total. The fourth-order valence-electron chi connectivity index (χ4n) is 2.31. The van der Waals surface area contributed by atoms with Gasteiger partial charge < -0.3 is 10.1 Å². The van der Waals surface area contributed by atoms with Gasteiger partial charge in [0.2, 0.25) is 0 Å². The molecule has 0 radical (unpaired) electrons. The maximum Gasteiger partial charge on any atom is 0.338 e. The molecule has 0 bridgehead atoms. The van der Waals surface area contributed by atoms with Crippen LogP contribution < -0.4 is 10.0 Å². The second kappa shape index (κ2) is 8.73. The number of carbonyl (C=O) groups excluding carboxylic acids is 1. The summed E-state index contributed by atoms with van der Waals surface area (Å²) in [4.78, 5) is 12.1. The molecule has 2 aromatic carbocycles. The van der Waals surface area contributed by atoms with Crippen LogP contribution in [0.5, 0.6) is 0 Å². The number of rotatable bonds is 8. The minimum atomic E-state index is -3.93. The van der Waals surface area contributed by atoms with Gasteiger partial charge in [0.15, 0.2) is 0 Å². The lowest BCUT2D eigenvalue weighted by Crippen LogP contribution is -2.17. The van der Waals surface area contributed by atoms with E-state index in [1.807, 2.05) is 19.1 Å². The highest BCUT2D eigenvalue weighted by atomic mass is 32.2. The van der Waals surface area contributed by atoms with Gasteiger partial charge in [-0.2, -0.15) is 0 Å². The summed E-state index contributed by atoms with van der Waals surface area (Å²) in [6.45, 7) is 9.38. The van der Waals surface area contributed by atoms with Crippen molar-refractivity contribution in [3.8, 4) is 0 Å². The molecule has 2 aromatic rings. The Morgan fingerprint density at radius 2 is 1.85 bits per heavy atom. The van der Waals surface area contributed by atoms with Crippen LogP contribution in [0.2, 0.25) is 0 Å². The van der Waals surface area contributed by atoms with Crippen molar-refractivity contribution in [1.29, 1.82) is 0 Å². The van der Waals surface area contributed by atoms with E-state index in [4.69, 9.17) is 4.74 Å². The molecule has 0 saturated heterocycles. The molecule has 0 aliphatic rings. The Hall–Kier alpha value is -2.80. The lowest BCUT2D eigenvalue weighted by Gasteiger charge is -2.15. The van der Waals surface area contributed by atoms with E-state index in [2.05, 4.69) is 16.6 Å². The molecule has 144 valence electrons. The van der Waals surface area contributed by atoms with Crippen molar-refractivity contribution in [3.05, 3.63) is 66.2 Å². The Morgan fingerprint density at radius 1 is 1.19 bits per heavy atom. The molecule has 0 aliphatic carbocycles. The largest absolute Gasteiger partial charge is 0.459 e. The van der Waals surface area contributed by atoms with Crippen molar-refractivity contribution in [1.82, 2.24) is 0 Å². The third-order valence-electron chi connectivity index (χ3n) is 3.59. The van der Waals surface area contributed by atoms with E-state index in [1.165, 1.54) is 12.1 Å². The predicted molar refractivity (Wildman–Crippen MR) is 108 cm³/mol. The molecule has 0 fully saturated rings. The minimum absolute atomic E-state index is 0.0388. The van der Waals surface area contributed by atoms with E-state index in [-0.39, 0.29) is 16.6 Å². The van der Waals surface area contributed by atoms with Crippen molar-refractivity contribution < 1.29 is 17.9 Å². The van der Waals surface area contributed by atoms with Crippen LogP contribution in [0.4, 0.5) is 11.4 Å². The summed E-state index contributed by atoms with van der Waals surface area (Å²) in [5.74, 6) is -0.577. The van der Waals surface area contributed by atoms with Crippen LogP contribution in [0.15, 0.2) is 60.0 Å². The Labute approximate surface area is 160 Å². The second-order valence-corrected chi connectivity index (χ2v) is 7.96. The molecule has 0 spiro atoms. The monoisotopic (exact) mass is 388 g/mol. The summed E-state index contributed by atoms with van der Waals surface area (Å²) in [6, 6.07) is 11.4. The third kappa shape index (κ3) is 5.59. The van der Waals surface area contributed by atoms with Gasteiger partial charge in [0.1, 0.15) is 4.90 Å². The van der Waals surface area contributed by atoms with Crippen LogP contribution in [0.25, 0.3) is 0 Å². The molecule has 0 saturated carbocycles. The van der Waals surface area contributed by atoms with Crippen LogP contribution in [-0.2, 0) is 14.8 Å². The highest BCUT2D eigenvalue weighted by Gasteiger charge is 2.22. The molecule has 27 heavy (non-hydrogen) atoms. The standard InChI is InChI=1S/C20H24N2O4S/c1-5-12-21-18-11-8-16(20(23)26-14(2)3)13-19(18)27(24,25)22-17-9-6-15(4)7-10-17/h5-11,13-14,21-22H,1,12H2,2-4H3. The topological polar surface area (TPSA) is 84.5 Å². The van der Waals surface area contributed by atoms with Crippen molar-refractivity contribution in [2.75, 3.05) is 16.6 Å². The predicted octanol–water partition coefficient (Wildman–Crippen LogP) is 3.96. The number of aryl methyl sites for hydroxylation is 1. The zero-order valence-corrected chi connectivity index (χ0v) is 16.5. The van der Waals surface area contributed by atoms with E-state index in [0.29, 0.717) is 17.9 Å². The Kier molecular flexibility index (Phi) is 6.63. The van der Waals surface area contributed by atoms with Gasteiger partial charge >= 0.3 is 5.97 Å². The Morgan fingerprint density at radius 3 is 2.44 bits per heavy atom. The zero-order chi connectivity index (χ0) is 20.0. The number of benzene rings is 2. The van der Waals surface area contributed by atoms with Gasteiger partial charge in [-0.15, -0.1) is 6.58 Å². The maximum absolute atomic E-state index is 12.9. The highest BCUT2D eigenvalue weighted by molar-refractivity contribution is 7.92. The third-order valence-corrected chi connectivity index (χ3v) is 5.01. The summed E-state index contributed by atoms with van der Waals surface area (Å²) in [5, 5.41) is 2.98. The lowest BCUT2D eigenvalue weighted by atomic mass is 10.2. The number of hydrogen-bond donors (Lipinski definition) is 2. The van der Waals surface area contributed by atoms with Gasteiger partial charge in [-0.25, -0.2) is 13.2 Å². The number of esters is 1. The number of sulfonamides is 1. The van der Waals surface area contributed by atoms with Crippen LogP contribution in [0.3, 0.4) is 0 Å². The molecule has 0 unspecified atom stereocenters.